The molecule has 30 heavy (non-hydrogen) atoms. The van der Waals surface area contributed by atoms with Gasteiger partial charge in [-0.15, -0.1) is 6.58 Å². The standard InChI is InChI=1S/C23H19NO6/c1-4-13-24-22(27)20-15(9-11-17(25)29-2)7-5-14-6-8-16(10-12-18(26)30-3)21(19(14)20)23(24)28/h4-12H,1,13H2,2-3H3/b11-9+,12-10+. The van der Waals surface area contributed by atoms with Crippen LogP contribution in [-0.4, -0.2) is 49.4 Å². The largest absolute Gasteiger partial charge is 0.466 e. The van der Waals surface area contributed by atoms with Gasteiger partial charge in [0.15, 0.2) is 0 Å². The van der Waals surface area contributed by atoms with Crippen molar-refractivity contribution in [3.05, 3.63) is 71.3 Å². The van der Waals surface area contributed by atoms with Crippen molar-refractivity contribution < 1.29 is 28.7 Å². The Kier molecular flexibility index (Phi) is 5.92. The normalized spacial score (nSPS) is 13.3. The highest BCUT2D eigenvalue weighted by Gasteiger charge is 2.35. The molecule has 2 aromatic rings. The third kappa shape index (κ3) is 3.65. The number of nitrogens with zero attached hydrogens (tertiary/aromatic N) is 1. The molecular formula is C23H19NO6. The van der Waals surface area contributed by atoms with E-state index >= 15 is 0 Å². The molecule has 0 spiro atoms. The average molecular weight is 405 g/mol. The first-order chi connectivity index (χ1) is 14.4. The first kappa shape index (κ1) is 20.7. The number of methoxy groups -OCH3 is 2. The Morgan fingerprint density at radius 3 is 1.77 bits per heavy atom. The van der Waals surface area contributed by atoms with Crippen LogP contribution in [0.5, 0.6) is 0 Å². The van der Waals surface area contributed by atoms with Crippen LogP contribution in [0.2, 0.25) is 0 Å². The molecule has 3 rings (SSSR count). The SMILES string of the molecule is C=CCN1C(=O)c2c(/C=C/C(=O)OC)ccc3ccc(/C=C/C(=O)OC)c(c23)C1=O. The van der Waals surface area contributed by atoms with Gasteiger partial charge in [0.05, 0.1) is 25.3 Å². The molecular weight excluding hydrogens is 386 g/mol. The van der Waals surface area contributed by atoms with E-state index in [1.165, 1.54) is 44.6 Å². The molecule has 7 nitrogen and oxygen atoms in total. The number of hydrogen-bond acceptors (Lipinski definition) is 6. The summed E-state index contributed by atoms with van der Waals surface area (Å²) in [6.07, 6.45) is 6.82. The highest BCUT2D eigenvalue weighted by Crippen LogP contribution is 2.35. The van der Waals surface area contributed by atoms with E-state index in [4.69, 9.17) is 0 Å². The molecule has 152 valence electrons. The molecule has 1 aliphatic heterocycles. The molecule has 2 aromatic carbocycles. The second-order valence-electron chi connectivity index (χ2n) is 6.38. The lowest BCUT2D eigenvalue weighted by molar-refractivity contribution is -0.135. The monoisotopic (exact) mass is 405 g/mol. The van der Waals surface area contributed by atoms with Crippen LogP contribution in [0, 0.1) is 0 Å². The van der Waals surface area contributed by atoms with Crippen molar-refractivity contribution in [2.24, 2.45) is 0 Å². The summed E-state index contributed by atoms with van der Waals surface area (Å²) in [6, 6.07) is 6.92. The summed E-state index contributed by atoms with van der Waals surface area (Å²) < 4.78 is 9.23. The predicted octanol–water partition coefficient (Wildman–Crippen LogP) is 2.99. The molecule has 0 radical (unpaired) electrons. The van der Waals surface area contributed by atoms with E-state index in [0.717, 1.165) is 4.90 Å². The number of benzene rings is 2. The third-order valence-corrected chi connectivity index (χ3v) is 4.68. The summed E-state index contributed by atoms with van der Waals surface area (Å²) in [5, 5.41) is 1.15. The Labute approximate surface area is 172 Å². The molecule has 0 atom stereocenters. The summed E-state index contributed by atoms with van der Waals surface area (Å²) in [5.41, 5.74) is 1.51. The van der Waals surface area contributed by atoms with Gasteiger partial charge in [0.2, 0.25) is 0 Å². The molecule has 0 N–H and O–H groups in total. The molecule has 0 fully saturated rings. The third-order valence-electron chi connectivity index (χ3n) is 4.68. The van der Waals surface area contributed by atoms with E-state index in [1.807, 2.05) is 0 Å². The molecule has 1 heterocycles. The number of ether oxygens (including phenoxy) is 2. The Balaban J connectivity index is 2.33. The Hall–Kier alpha value is -4.00. The second kappa shape index (κ2) is 8.57. The second-order valence-corrected chi connectivity index (χ2v) is 6.38. The van der Waals surface area contributed by atoms with Gasteiger partial charge >= 0.3 is 11.9 Å². The summed E-state index contributed by atoms with van der Waals surface area (Å²) in [7, 11) is 2.51. The fourth-order valence-corrected chi connectivity index (χ4v) is 3.30. The van der Waals surface area contributed by atoms with Crippen molar-refractivity contribution >= 4 is 46.7 Å². The van der Waals surface area contributed by atoms with Crippen LogP contribution >= 0.6 is 0 Å². The minimum Gasteiger partial charge on any atom is -0.466 e. The highest BCUT2D eigenvalue weighted by molar-refractivity contribution is 6.28. The van der Waals surface area contributed by atoms with E-state index in [2.05, 4.69) is 16.1 Å². The molecule has 0 bridgehead atoms. The van der Waals surface area contributed by atoms with Crippen LogP contribution < -0.4 is 0 Å². The fourth-order valence-electron chi connectivity index (χ4n) is 3.30. The van der Waals surface area contributed by atoms with Crippen LogP contribution in [-0.2, 0) is 19.1 Å². The van der Waals surface area contributed by atoms with Crippen LogP contribution in [0.1, 0.15) is 31.8 Å². The number of rotatable bonds is 6. The Bertz CT molecular complexity index is 1060. The topological polar surface area (TPSA) is 90.0 Å². The van der Waals surface area contributed by atoms with Gasteiger partial charge in [-0.25, -0.2) is 9.59 Å². The zero-order valence-electron chi connectivity index (χ0n) is 16.5. The lowest BCUT2D eigenvalue weighted by Crippen LogP contribution is -2.41. The maximum absolute atomic E-state index is 13.2. The Morgan fingerprint density at radius 2 is 1.37 bits per heavy atom. The maximum atomic E-state index is 13.2. The minimum atomic E-state index is -0.570. The smallest absolute Gasteiger partial charge is 0.330 e. The van der Waals surface area contributed by atoms with Crippen molar-refractivity contribution in [2.75, 3.05) is 20.8 Å². The zero-order valence-corrected chi connectivity index (χ0v) is 16.5. The molecule has 7 heteroatoms. The Morgan fingerprint density at radius 1 is 0.900 bits per heavy atom. The number of hydrogen-bond donors (Lipinski definition) is 0. The highest BCUT2D eigenvalue weighted by atomic mass is 16.5. The van der Waals surface area contributed by atoms with E-state index < -0.39 is 23.8 Å². The number of imide groups is 1. The molecule has 0 aromatic heterocycles. The van der Waals surface area contributed by atoms with E-state index in [-0.39, 0.29) is 17.7 Å². The number of carbonyl (C=O) groups excluding carboxylic acids is 4. The van der Waals surface area contributed by atoms with Gasteiger partial charge in [-0.05, 0) is 28.7 Å². The fraction of sp³-hybridized carbons (Fsp3) is 0.130. The maximum Gasteiger partial charge on any atom is 0.330 e. The van der Waals surface area contributed by atoms with E-state index in [0.29, 0.717) is 21.9 Å². The molecule has 2 amide bonds. The van der Waals surface area contributed by atoms with Crippen LogP contribution in [0.4, 0.5) is 0 Å². The van der Waals surface area contributed by atoms with Crippen molar-refractivity contribution in [3.63, 3.8) is 0 Å². The first-order valence-corrected chi connectivity index (χ1v) is 9.01. The lowest BCUT2D eigenvalue weighted by atomic mass is 9.87. The van der Waals surface area contributed by atoms with Crippen LogP contribution in [0.15, 0.2) is 49.1 Å². The lowest BCUT2D eigenvalue weighted by Gasteiger charge is -2.28. The van der Waals surface area contributed by atoms with Gasteiger partial charge < -0.3 is 9.47 Å². The minimum absolute atomic E-state index is 0.0166. The van der Waals surface area contributed by atoms with Crippen molar-refractivity contribution in [1.29, 1.82) is 0 Å². The van der Waals surface area contributed by atoms with Gasteiger partial charge in [-0.2, -0.15) is 0 Å². The number of esters is 2. The van der Waals surface area contributed by atoms with E-state index in [9.17, 15) is 19.2 Å². The van der Waals surface area contributed by atoms with Gasteiger partial charge in [0, 0.05) is 24.1 Å². The molecule has 0 aliphatic carbocycles. The summed E-state index contributed by atoms with van der Waals surface area (Å²) in [5.74, 6) is -2.12. The van der Waals surface area contributed by atoms with Crippen LogP contribution in [0.25, 0.3) is 22.9 Å². The van der Waals surface area contributed by atoms with Crippen molar-refractivity contribution in [3.8, 4) is 0 Å². The molecule has 1 aliphatic rings. The molecule has 0 unspecified atom stereocenters. The molecule has 0 saturated heterocycles. The van der Waals surface area contributed by atoms with Gasteiger partial charge in [-0.1, -0.05) is 30.3 Å². The number of carbonyl (C=O) groups is 4. The molecule has 0 saturated carbocycles. The quantitative estimate of drug-likeness (QED) is 0.318. The summed E-state index contributed by atoms with van der Waals surface area (Å²) in [6.45, 7) is 3.63. The summed E-state index contributed by atoms with van der Waals surface area (Å²) in [4.78, 5) is 50.5. The van der Waals surface area contributed by atoms with Gasteiger partial charge in [0.1, 0.15) is 0 Å². The number of amides is 2. The van der Waals surface area contributed by atoms with Gasteiger partial charge in [-0.3, -0.25) is 14.5 Å². The zero-order chi connectivity index (χ0) is 21.8. The van der Waals surface area contributed by atoms with Crippen molar-refractivity contribution in [2.45, 2.75) is 0 Å². The van der Waals surface area contributed by atoms with Gasteiger partial charge in [0.25, 0.3) is 11.8 Å². The van der Waals surface area contributed by atoms with Crippen LogP contribution in [0.3, 0.4) is 0 Å². The first-order valence-electron chi connectivity index (χ1n) is 9.01. The predicted molar refractivity (Wildman–Crippen MR) is 112 cm³/mol. The average Bonchev–Trinajstić information content (AvgIpc) is 2.76. The van der Waals surface area contributed by atoms with Crippen molar-refractivity contribution in [1.82, 2.24) is 4.90 Å². The summed E-state index contributed by atoms with van der Waals surface area (Å²) >= 11 is 0. The van der Waals surface area contributed by atoms with E-state index in [1.54, 1.807) is 24.3 Å².